The molecule has 1 N–H and O–H groups in total. The van der Waals surface area contributed by atoms with Gasteiger partial charge in [-0.05, 0) is 107 Å². The summed E-state index contributed by atoms with van der Waals surface area (Å²) in [5, 5.41) is 12.0. The van der Waals surface area contributed by atoms with E-state index in [1.807, 2.05) is 0 Å². The van der Waals surface area contributed by atoms with Crippen molar-refractivity contribution in [2.24, 2.45) is 40.4 Å². The molecule has 0 aromatic heterocycles. The minimum absolute atomic E-state index is 0.0485. The van der Waals surface area contributed by atoms with Crippen LogP contribution in [0.25, 0.3) is 0 Å². The van der Waals surface area contributed by atoms with Crippen molar-refractivity contribution in [2.75, 3.05) is 19.6 Å². The quantitative estimate of drug-likeness (QED) is 0.503. The van der Waals surface area contributed by atoms with Gasteiger partial charge < -0.3 is 10.0 Å². The maximum atomic E-state index is 13.3. The van der Waals surface area contributed by atoms with Gasteiger partial charge in [0.2, 0.25) is 5.91 Å². The Morgan fingerprint density at radius 2 is 1.66 bits per heavy atom. The van der Waals surface area contributed by atoms with Crippen LogP contribution in [0.2, 0.25) is 0 Å². The van der Waals surface area contributed by atoms with E-state index in [0.717, 1.165) is 76.9 Å². The van der Waals surface area contributed by atoms with E-state index in [1.165, 1.54) is 38.5 Å². The molecule has 0 bridgehead atoms. The summed E-state index contributed by atoms with van der Waals surface area (Å²) in [6.45, 7) is 11.7. The molecule has 0 aromatic rings. The Labute approximate surface area is 231 Å². The van der Waals surface area contributed by atoms with Gasteiger partial charge in [0.15, 0.2) is 0 Å². The molecular formula is C33H54N2O3. The zero-order valence-electron chi connectivity index (χ0n) is 24.7. The van der Waals surface area contributed by atoms with Crippen LogP contribution in [0.4, 0.5) is 0 Å². The number of hydrogen-bond donors (Lipinski definition) is 1. The lowest BCUT2D eigenvalue weighted by molar-refractivity contribution is -0.161. The second-order valence-corrected chi connectivity index (χ2v) is 15.5. The van der Waals surface area contributed by atoms with Crippen molar-refractivity contribution in [1.82, 2.24) is 9.80 Å². The Morgan fingerprint density at radius 3 is 2.42 bits per heavy atom. The highest BCUT2D eigenvalue weighted by Gasteiger charge is 2.61. The first-order chi connectivity index (χ1) is 18.0. The molecule has 9 atom stereocenters. The number of carbonyl (C=O) groups excluding carboxylic acids is 2. The third-order valence-corrected chi connectivity index (χ3v) is 13.4. The molecule has 1 heterocycles. The highest BCUT2D eigenvalue weighted by atomic mass is 16.3. The van der Waals surface area contributed by atoms with Gasteiger partial charge in [0.25, 0.3) is 0 Å². The summed E-state index contributed by atoms with van der Waals surface area (Å²) >= 11 is 0. The number of ketones is 1. The second kappa shape index (κ2) is 9.86. The number of Topliss-reactive ketones (excluding diaryl/α,β-unsaturated/α-hetero) is 1. The van der Waals surface area contributed by atoms with Gasteiger partial charge in [0, 0.05) is 49.5 Å². The van der Waals surface area contributed by atoms with E-state index in [-0.39, 0.29) is 17.4 Å². The van der Waals surface area contributed by atoms with Gasteiger partial charge in [0.1, 0.15) is 5.78 Å². The van der Waals surface area contributed by atoms with Crippen molar-refractivity contribution in [1.29, 1.82) is 0 Å². The molecule has 214 valence electrons. The smallest absolute Gasteiger partial charge is 0.226 e. The normalized spacial score (nSPS) is 48.3. The summed E-state index contributed by atoms with van der Waals surface area (Å²) in [5.41, 5.74) is -0.355. The van der Waals surface area contributed by atoms with Crippen LogP contribution in [0.3, 0.4) is 0 Å². The van der Waals surface area contributed by atoms with Crippen molar-refractivity contribution in [3.8, 4) is 0 Å². The summed E-state index contributed by atoms with van der Waals surface area (Å²) in [7, 11) is 0. The fraction of sp³-hybridized carbons (Fsp3) is 0.939. The van der Waals surface area contributed by atoms with Gasteiger partial charge in [-0.1, -0.05) is 33.1 Å². The van der Waals surface area contributed by atoms with Crippen molar-refractivity contribution >= 4 is 11.7 Å². The highest BCUT2D eigenvalue weighted by Crippen LogP contribution is 2.66. The van der Waals surface area contributed by atoms with Crippen LogP contribution in [-0.2, 0) is 9.59 Å². The minimum atomic E-state index is -0.618. The molecule has 5 saturated carbocycles. The van der Waals surface area contributed by atoms with Crippen molar-refractivity contribution in [3.63, 3.8) is 0 Å². The lowest BCUT2D eigenvalue weighted by Crippen LogP contribution is -2.63. The summed E-state index contributed by atoms with van der Waals surface area (Å²) in [5.74, 6) is 3.79. The first kappa shape index (κ1) is 27.2. The Hall–Kier alpha value is -0.940. The second-order valence-electron chi connectivity index (χ2n) is 15.5. The Morgan fingerprint density at radius 1 is 0.895 bits per heavy atom. The van der Waals surface area contributed by atoms with E-state index in [9.17, 15) is 14.7 Å². The van der Waals surface area contributed by atoms with Gasteiger partial charge in [0.05, 0.1) is 5.60 Å². The monoisotopic (exact) mass is 526 g/mol. The first-order valence-electron chi connectivity index (χ1n) is 16.3. The molecule has 0 unspecified atom stereocenters. The number of amides is 1. The number of rotatable bonds is 3. The van der Waals surface area contributed by atoms with E-state index in [1.54, 1.807) is 0 Å². The summed E-state index contributed by atoms with van der Waals surface area (Å²) in [4.78, 5) is 30.8. The van der Waals surface area contributed by atoms with Crippen LogP contribution < -0.4 is 0 Å². The number of carbonyl (C=O) groups is 2. The maximum absolute atomic E-state index is 13.3. The molecule has 0 aromatic carbocycles. The first-order valence-corrected chi connectivity index (χ1v) is 16.3. The predicted octanol–water partition coefficient (Wildman–Crippen LogP) is 5.83. The van der Waals surface area contributed by atoms with Crippen LogP contribution in [0.15, 0.2) is 0 Å². The van der Waals surface area contributed by atoms with Crippen LogP contribution in [0.1, 0.15) is 118 Å². The zero-order valence-corrected chi connectivity index (χ0v) is 24.7. The van der Waals surface area contributed by atoms with E-state index in [4.69, 9.17) is 0 Å². The van der Waals surface area contributed by atoms with E-state index >= 15 is 0 Å². The summed E-state index contributed by atoms with van der Waals surface area (Å²) in [6, 6.07) is 0.516. The van der Waals surface area contributed by atoms with Crippen LogP contribution in [0, 0.1) is 40.4 Å². The molecule has 38 heavy (non-hydrogen) atoms. The van der Waals surface area contributed by atoms with Crippen LogP contribution in [0.5, 0.6) is 0 Å². The maximum Gasteiger partial charge on any atom is 0.226 e. The number of fused-ring (bicyclic) bond motifs is 5. The van der Waals surface area contributed by atoms with Gasteiger partial charge in [-0.15, -0.1) is 0 Å². The molecule has 1 amide bonds. The molecule has 5 aliphatic carbocycles. The molecule has 5 heteroatoms. The van der Waals surface area contributed by atoms with Crippen molar-refractivity contribution in [3.05, 3.63) is 0 Å². The number of hydrogen-bond acceptors (Lipinski definition) is 4. The van der Waals surface area contributed by atoms with Gasteiger partial charge in [-0.25, -0.2) is 0 Å². The molecule has 1 saturated heterocycles. The number of β-amino-alcohol motifs (C(OH)–C–C–N with tert-alkyl or cyclic N) is 1. The molecule has 0 radical (unpaired) electrons. The Bertz CT molecular complexity index is 931. The van der Waals surface area contributed by atoms with Crippen LogP contribution >= 0.6 is 0 Å². The average Bonchev–Trinajstić information content (AvgIpc) is 3.21. The van der Waals surface area contributed by atoms with Gasteiger partial charge in [-0.2, -0.15) is 0 Å². The van der Waals surface area contributed by atoms with Crippen LogP contribution in [-0.4, -0.2) is 63.9 Å². The third kappa shape index (κ3) is 4.41. The van der Waals surface area contributed by atoms with Gasteiger partial charge in [-0.3, -0.25) is 14.5 Å². The molecular weight excluding hydrogens is 472 g/mol. The van der Waals surface area contributed by atoms with E-state index < -0.39 is 5.60 Å². The Kier molecular flexibility index (Phi) is 7.07. The minimum Gasteiger partial charge on any atom is -0.389 e. The standard InChI is InChI=1S/C33H54N2O3/c1-22-20-35(30(37)24-8-6-5-7-9-24)23(2)19-34(22)21-33(38)17-16-31(3)25(18-33)10-11-26-27-12-13-29(36)32(27,4)15-14-28(26)31/h22-28,38H,5-21H2,1-4H3/t22-,23+,25+,26+,27+,28+,31+,32+,33-/m1/s1. The van der Waals surface area contributed by atoms with Crippen molar-refractivity contribution < 1.29 is 14.7 Å². The molecule has 6 rings (SSSR count). The average molecular weight is 527 g/mol. The van der Waals surface area contributed by atoms with Gasteiger partial charge >= 0.3 is 0 Å². The van der Waals surface area contributed by atoms with E-state index in [0.29, 0.717) is 40.9 Å². The molecule has 6 fully saturated rings. The molecule has 5 nitrogen and oxygen atoms in total. The summed E-state index contributed by atoms with van der Waals surface area (Å²) < 4.78 is 0. The fourth-order valence-corrected chi connectivity index (χ4v) is 10.9. The largest absolute Gasteiger partial charge is 0.389 e. The molecule has 6 aliphatic rings. The predicted molar refractivity (Wildman–Crippen MR) is 150 cm³/mol. The van der Waals surface area contributed by atoms with E-state index in [2.05, 4.69) is 37.5 Å². The summed E-state index contributed by atoms with van der Waals surface area (Å²) in [6.07, 6.45) is 15.5. The molecule has 1 aliphatic heterocycles. The Balaban J connectivity index is 1.09. The fourth-order valence-electron chi connectivity index (χ4n) is 10.9. The number of piperazine rings is 1. The number of aliphatic hydroxyl groups is 1. The number of nitrogens with zero attached hydrogens (tertiary/aromatic N) is 2. The lowest BCUT2D eigenvalue weighted by Gasteiger charge is -2.61. The molecule has 0 spiro atoms. The lowest BCUT2D eigenvalue weighted by atomic mass is 9.44. The zero-order chi connectivity index (χ0) is 26.9. The highest BCUT2D eigenvalue weighted by molar-refractivity contribution is 5.87. The SMILES string of the molecule is C[C@@H]1CN(C(=O)C2CCCCC2)[C@@H](C)CN1C[C@@]1(O)CC[C@@]2(C)[C@@H](CC[C@@H]3[C@@H]2CC[C@]2(C)C(=O)CC[C@@H]32)C1. The third-order valence-electron chi connectivity index (χ3n) is 13.4. The topological polar surface area (TPSA) is 60.9 Å². The van der Waals surface area contributed by atoms with Crippen molar-refractivity contribution in [2.45, 2.75) is 135 Å².